The van der Waals surface area contributed by atoms with E-state index in [2.05, 4.69) is 41.3 Å². The highest BCUT2D eigenvalue weighted by Gasteiger charge is 2.15. The fourth-order valence-electron chi connectivity index (χ4n) is 2.57. The van der Waals surface area contributed by atoms with Crippen LogP contribution in [0.4, 0.5) is 5.82 Å². The van der Waals surface area contributed by atoms with Gasteiger partial charge < -0.3 is 15.0 Å². The minimum atomic E-state index is 0.688. The summed E-state index contributed by atoms with van der Waals surface area (Å²) < 4.78 is 5.53. The summed E-state index contributed by atoms with van der Waals surface area (Å²) >= 11 is 0. The number of rotatable bonds is 6. The molecule has 1 aromatic heterocycles. The van der Waals surface area contributed by atoms with Crippen molar-refractivity contribution in [2.24, 2.45) is 5.92 Å². The van der Waals surface area contributed by atoms with Crippen molar-refractivity contribution in [2.45, 2.75) is 26.3 Å². The molecule has 2 heterocycles. The van der Waals surface area contributed by atoms with Crippen LogP contribution in [0.25, 0.3) is 0 Å². The topological polar surface area (TPSA) is 37.4 Å². The molecule has 1 aliphatic heterocycles. The predicted octanol–water partition coefficient (Wildman–Crippen LogP) is 2.37. The number of hydrogen-bond donors (Lipinski definition) is 1. The first kappa shape index (κ1) is 14.3. The number of pyridine rings is 1. The van der Waals surface area contributed by atoms with E-state index in [1.54, 1.807) is 0 Å². The van der Waals surface area contributed by atoms with Crippen LogP contribution in [0, 0.1) is 5.92 Å². The standard InChI is InChI=1S/C15H25N3O/c1-3-16-15-7-6-13(9-17-15)10-18(2)11-14-5-4-8-19-12-14/h6-7,9,14H,3-5,8,10-12H2,1-2H3,(H,16,17). The lowest BCUT2D eigenvalue weighted by Crippen LogP contribution is -2.30. The van der Waals surface area contributed by atoms with Crippen molar-refractivity contribution in [3.05, 3.63) is 23.9 Å². The Morgan fingerprint density at radius 3 is 3.00 bits per heavy atom. The molecular weight excluding hydrogens is 238 g/mol. The fourth-order valence-corrected chi connectivity index (χ4v) is 2.57. The van der Waals surface area contributed by atoms with Gasteiger partial charge in [0.2, 0.25) is 0 Å². The van der Waals surface area contributed by atoms with Crippen molar-refractivity contribution in [3.63, 3.8) is 0 Å². The van der Waals surface area contributed by atoms with E-state index in [1.165, 1.54) is 18.4 Å². The minimum Gasteiger partial charge on any atom is -0.381 e. The number of aromatic nitrogens is 1. The molecule has 0 spiro atoms. The number of ether oxygens (including phenoxy) is 1. The summed E-state index contributed by atoms with van der Waals surface area (Å²) in [7, 11) is 2.17. The Bertz CT molecular complexity index is 360. The Balaban J connectivity index is 1.78. The summed E-state index contributed by atoms with van der Waals surface area (Å²) in [6, 6.07) is 4.20. The van der Waals surface area contributed by atoms with Gasteiger partial charge in [0.25, 0.3) is 0 Å². The molecule has 2 rings (SSSR count). The minimum absolute atomic E-state index is 0.688. The number of nitrogens with one attached hydrogen (secondary N) is 1. The van der Waals surface area contributed by atoms with Crippen LogP contribution in [0.1, 0.15) is 25.3 Å². The average molecular weight is 263 g/mol. The van der Waals surface area contributed by atoms with Crippen molar-refractivity contribution in [2.75, 3.05) is 38.7 Å². The fraction of sp³-hybridized carbons (Fsp3) is 0.667. The third-order valence-electron chi connectivity index (χ3n) is 3.46. The second kappa shape index (κ2) is 7.46. The Kier molecular flexibility index (Phi) is 5.61. The summed E-state index contributed by atoms with van der Waals surface area (Å²) in [5.74, 6) is 1.64. The van der Waals surface area contributed by atoms with Gasteiger partial charge >= 0.3 is 0 Å². The van der Waals surface area contributed by atoms with Gasteiger partial charge in [-0.1, -0.05) is 6.07 Å². The molecule has 1 N–H and O–H groups in total. The number of anilines is 1. The van der Waals surface area contributed by atoms with Crippen molar-refractivity contribution in [1.29, 1.82) is 0 Å². The van der Waals surface area contributed by atoms with Crippen molar-refractivity contribution >= 4 is 5.82 Å². The van der Waals surface area contributed by atoms with Gasteiger partial charge in [-0.3, -0.25) is 0 Å². The molecule has 106 valence electrons. The van der Waals surface area contributed by atoms with Crippen LogP contribution in [-0.2, 0) is 11.3 Å². The summed E-state index contributed by atoms with van der Waals surface area (Å²) in [6.07, 6.45) is 4.46. The van der Waals surface area contributed by atoms with Crippen LogP contribution in [0.15, 0.2) is 18.3 Å². The van der Waals surface area contributed by atoms with Crippen LogP contribution in [0.3, 0.4) is 0 Å². The largest absolute Gasteiger partial charge is 0.381 e. The second-order valence-corrected chi connectivity index (χ2v) is 5.36. The highest BCUT2D eigenvalue weighted by atomic mass is 16.5. The third kappa shape index (κ3) is 4.80. The molecule has 0 amide bonds. The van der Waals surface area contributed by atoms with Gasteiger partial charge in [-0.25, -0.2) is 4.98 Å². The summed E-state index contributed by atoms with van der Waals surface area (Å²) in [4.78, 5) is 6.77. The lowest BCUT2D eigenvalue weighted by Gasteiger charge is -2.27. The lowest BCUT2D eigenvalue weighted by molar-refractivity contribution is 0.0411. The summed E-state index contributed by atoms with van der Waals surface area (Å²) in [5, 5.41) is 3.21. The molecule has 4 heteroatoms. The molecule has 0 aromatic carbocycles. The molecule has 0 radical (unpaired) electrons. The summed E-state index contributed by atoms with van der Waals surface area (Å²) in [6.45, 7) is 6.91. The molecule has 1 atom stereocenters. The van der Waals surface area contributed by atoms with Gasteiger partial charge in [-0.2, -0.15) is 0 Å². The van der Waals surface area contributed by atoms with E-state index in [9.17, 15) is 0 Å². The Morgan fingerprint density at radius 2 is 2.37 bits per heavy atom. The molecule has 4 nitrogen and oxygen atoms in total. The van der Waals surface area contributed by atoms with Crippen molar-refractivity contribution in [1.82, 2.24) is 9.88 Å². The van der Waals surface area contributed by atoms with E-state index in [4.69, 9.17) is 4.74 Å². The predicted molar refractivity (Wildman–Crippen MR) is 78.3 cm³/mol. The van der Waals surface area contributed by atoms with E-state index < -0.39 is 0 Å². The van der Waals surface area contributed by atoms with Crippen molar-refractivity contribution < 1.29 is 4.74 Å². The quantitative estimate of drug-likeness (QED) is 0.855. The molecule has 0 bridgehead atoms. The molecule has 1 fully saturated rings. The zero-order chi connectivity index (χ0) is 13.5. The van der Waals surface area contributed by atoms with E-state index in [-0.39, 0.29) is 0 Å². The maximum atomic E-state index is 5.53. The molecule has 1 unspecified atom stereocenters. The maximum Gasteiger partial charge on any atom is 0.125 e. The Labute approximate surface area is 116 Å². The van der Waals surface area contributed by atoms with Gasteiger partial charge in [-0.05, 0) is 44.4 Å². The van der Waals surface area contributed by atoms with Gasteiger partial charge in [0.05, 0.1) is 6.61 Å². The molecule has 1 saturated heterocycles. The third-order valence-corrected chi connectivity index (χ3v) is 3.46. The first-order valence-electron chi connectivity index (χ1n) is 7.23. The monoisotopic (exact) mass is 263 g/mol. The zero-order valence-corrected chi connectivity index (χ0v) is 12.1. The zero-order valence-electron chi connectivity index (χ0n) is 12.1. The van der Waals surface area contributed by atoms with Crippen LogP contribution in [0.5, 0.6) is 0 Å². The average Bonchev–Trinajstić information content (AvgIpc) is 2.42. The van der Waals surface area contributed by atoms with E-state index in [1.807, 2.05) is 6.20 Å². The van der Waals surface area contributed by atoms with Gasteiger partial charge in [0.1, 0.15) is 5.82 Å². The molecule has 0 aliphatic carbocycles. The number of nitrogens with zero attached hydrogens (tertiary/aromatic N) is 2. The van der Waals surface area contributed by atoms with E-state index >= 15 is 0 Å². The van der Waals surface area contributed by atoms with E-state index in [0.717, 1.165) is 38.7 Å². The molecular formula is C15H25N3O. The van der Waals surface area contributed by atoms with Gasteiger partial charge in [-0.15, -0.1) is 0 Å². The van der Waals surface area contributed by atoms with Crippen LogP contribution in [0.2, 0.25) is 0 Å². The highest BCUT2D eigenvalue weighted by molar-refractivity contribution is 5.35. The van der Waals surface area contributed by atoms with Crippen molar-refractivity contribution in [3.8, 4) is 0 Å². The first-order chi connectivity index (χ1) is 9.28. The SMILES string of the molecule is CCNc1ccc(CN(C)CC2CCCOC2)cn1. The highest BCUT2D eigenvalue weighted by Crippen LogP contribution is 2.15. The Hall–Kier alpha value is -1.13. The molecule has 1 aromatic rings. The first-order valence-corrected chi connectivity index (χ1v) is 7.23. The smallest absolute Gasteiger partial charge is 0.125 e. The maximum absolute atomic E-state index is 5.53. The molecule has 19 heavy (non-hydrogen) atoms. The lowest BCUT2D eigenvalue weighted by atomic mass is 10.0. The number of hydrogen-bond acceptors (Lipinski definition) is 4. The molecule has 1 aliphatic rings. The Morgan fingerprint density at radius 1 is 1.47 bits per heavy atom. The van der Waals surface area contributed by atoms with Crippen LogP contribution >= 0.6 is 0 Å². The van der Waals surface area contributed by atoms with Crippen LogP contribution < -0.4 is 5.32 Å². The van der Waals surface area contributed by atoms with Gasteiger partial charge in [0, 0.05) is 32.4 Å². The summed E-state index contributed by atoms with van der Waals surface area (Å²) in [5.41, 5.74) is 1.26. The molecule has 0 saturated carbocycles. The second-order valence-electron chi connectivity index (χ2n) is 5.36. The van der Waals surface area contributed by atoms with Gasteiger partial charge in [0.15, 0.2) is 0 Å². The normalized spacial score (nSPS) is 19.6. The van der Waals surface area contributed by atoms with E-state index in [0.29, 0.717) is 5.92 Å². The van der Waals surface area contributed by atoms with Crippen LogP contribution in [-0.4, -0.2) is 43.2 Å².